The normalized spacial score (nSPS) is 23.8. The van der Waals surface area contributed by atoms with E-state index in [9.17, 15) is 0 Å². The van der Waals surface area contributed by atoms with Crippen LogP contribution >= 0.6 is 15.9 Å². The van der Waals surface area contributed by atoms with Crippen molar-refractivity contribution in [3.05, 3.63) is 28.2 Å². The number of halogens is 1. The Hall–Kier alpha value is -0.540. The van der Waals surface area contributed by atoms with Gasteiger partial charge in [0.15, 0.2) is 0 Å². The maximum atomic E-state index is 3.77. The van der Waals surface area contributed by atoms with E-state index in [1.807, 2.05) is 0 Å². The average molecular weight is 323 g/mol. The van der Waals surface area contributed by atoms with Crippen LogP contribution in [0.25, 0.3) is 0 Å². The van der Waals surface area contributed by atoms with Crippen molar-refractivity contribution in [2.24, 2.45) is 5.92 Å². The Kier molecular flexibility index (Phi) is 4.44. The van der Waals surface area contributed by atoms with Gasteiger partial charge in [0, 0.05) is 23.2 Å². The summed E-state index contributed by atoms with van der Waals surface area (Å²) in [5, 5.41) is 3.53. The number of nitrogens with one attached hydrogen (secondary N) is 1. The van der Waals surface area contributed by atoms with E-state index in [1.165, 1.54) is 74.0 Å². The molecule has 1 aromatic carbocycles. The fourth-order valence-corrected chi connectivity index (χ4v) is 3.91. The predicted octanol–water partition coefficient (Wildman–Crippen LogP) is 3.59. The zero-order valence-electron chi connectivity index (χ0n) is 11.5. The molecule has 0 bridgehead atoms. The topological polar surface area (TPSA) is 15.3 Å². The van der Waals surface area contributed by atoms with Crippen molar-refractivity contribution in [3.63, 3.8) is 0 Å². The third-order valence-electron chi connectivity index (χ3n) is 4.43. The molecule has 1 aromatic rings. The van der Waals surface area contributed by atoms with Crippen LogP contribution in [0, 0.1) is 5.92 Å². The van der Waals surface area contributed by atoms with Crippen LogP contribution in [-0.4, -0.2) is 26.2 Å². The predicted molar refractivity (Wildman–Crippen MR) is 84.9 cm³/mol. The highest BCUT2D eigenvalue weighted by atomic mass is 79.9. The van der Waals surface area contributed by atoms with Gasteiger partial charge in [0.2, 0.25) is 0 Å². The molecular weight excluding hydrogens is 300 g/mol. The Balaban J connectivity index is 1.81. The SMILES string of the molecule is Brc1cccc(N2CCCC2)c1CC1CCCNC1. The Labute approximate surface area is 124 Å². The van der Waals surface area contributed by atoms with Gasteiger partial charge in [-0.3, -0.25) is 0 Å². The van der Waals surface area contributed by atoms with E-state index in [4.69, 9.17) is 0 Å². The van der Waals surface area contributed by atoms with Gasteiger partial charge < -0.3 is 10.2 Å². The van der Waals surface area contributed by atoms with Crippen molar-refractivity contribution < 1.29 is 0 Å². The summed E-state index contributed by atoms with van der Waals surface area (Å²) >= 11 is 3.77. The van der Waals surface area contributed by atoms with Crippen LogP contribution < -0.4 is 10.2 Å². The monoisotopic (exact) mass is 322 g/mol. The molecule has 0 amide bonds. The molecule has 1 N–H and O–H groups in total. The number of benzene rings is 1. The van der Waals surface area contributed by atoms with Crippen LogP contribution in [0.3, 0.4) is 0 Å². The van der Waals surface area contributed by atoms with Gasteiger partial charge in [-0.1, -0.05) is 22.0 Å². The van der Waals surface area contributed by atoms with Crippen molar-refractivity contribution >= 4 is 21.6 Å². The summed E-state index contributed by atoms with van der Waals surface area (Å²) in [5.41, 5.74) is 3.00. The number of anilines is 1. The Morgan fingerprint density at radius 2 is 2.05 bits per heavy atom. The van der Waals surface area contributed by atoms with E-state index < -0.39 is 0 Å². The van der Waals surface area contributed by atoms with Gasteiger partial charge in [0.25, 0.3) is 0 Å². The van der Waals surface area contributed by atoms with Gasteiger partial charge in [-0.2, -0.15) is 0 Å². The molecule has 0 saturated carbocycles. The standard InChI is InChI=1S/C16H23BrN2/c17-15-6-3-7-16(19-9-1-2-10-19)14(15)11-13-5-4-8-18-12-13/h3,6-7,13,18H,1-2,4-5,8-12H2. The molecule has 3 rings (SSSR count). The summed E-state index contributed by atoms with van der Waals surface area (Å²) in [6, 6.07) is 6.69. The maximum absolute atomic E-state index is 3.77. The van der Waals surface area contributed by atoms with Gasteiger partial charge in [-0.05, 0) is 68.8 Å². The summed E-state index contributed by atoms with van der Waals surface area (Å²) in [4.78, 5) is 2.57. The van der Waals surface area contributed by atoms with E-state index in [2.05, 4.69) is 44.3 Å². The summed E-state index contributed by atoms with van der Waals surface area (Å²) in [6.45, 7) is 4.84. The fourth-order valence-electron chi connectivity index (χ4n) is 3.39. The molecule has 2 fully saturated rings. The third kappa shape index (κ3) is 3.14. The summed E-state index contributed by atoms with van der Waals surface area (Å²) in [5.74, 6) is 0.800. The molecule has 1 atom stereocenters. The van der Waals surface area contributed by atoms with Crippen molar-refractivity contribution in [1.82, 2.24) is 5.32 Å². The zero-order valence-corrected chi connectivity index (χ0v) is 13.1. The van der Waals surface area contributed by atoms with Crippen LogP contribution in [0.1, 0.15) is 31.2 Å². The van der Waals surface area contributed by atoms with Crippen LogP contribution in [0.5, 0.6) is 0 Å². The first-order valence-corrected chi connectivity index (χ1v) is 8.37. The molecule has 0 radical (unpaired) electrons. The third-order valence-corrected chi connectivity index (χ3v) is 5.18. The maximum Gasteiger partial charge on any atom is 0.0410 e. The average Bonchev–Trinajstić information content (AvgIpc) is 2.96. The highest BCUT2D eigenvalue weighted by Gasteiger charge is 2.21. The number of rotatable bonds is 3. The van der Waals surface area contributed by atoms with E-state index in [0.717, 1.165) is 5.92 Å². The minimum absolute atomic E-state index is 0.800. The van der Waals surface area contributed by atoms with Crippen molar-refractivity contribution in [2.45, 2.75) is 32.1 Å². The number of nitrogens with zero attached hydrogens (tertiary/aromatic N) is 1. The van der Waals surface area contributed by atoms with Crippen LogP contribution in [0.2, 0.25) is 0 Å². The van der Waals surface area contributed by atoms with Gasteiger partial charge in [0.1, 0.15) is 0 Å². The summed E-state index contributed by atoms with van der Waals surface area (Å²) in [7, 11) is 0. The molecule has 1 unspecified atom stereocenters. The van der Waals surface area contributed by atoms with Crippen molar-refractivity contribution in [1.29, 1.82) is 0 Å². The van der Waals surface area contributed by atoms with Gasteiger partial charge >= 0.3 is 0 Å². The van der Waals surface area contributed by atoms with Crippen LogP contribution in [-0.2, 0) is 6.42 Å². The molecule has 0 aliphatic carbocycles. The zero-order chi connectivity index (χ0) is 13.1. The van der Waals surface area contributed by atoms with Gasteiger partial charge in [-0.25, -0.2) is 0 Å². The lowest BCUT2D eigenvalue weighted by Gasteiger charge is -2.27. The van der Waals surface area contributed by atoms with E-state index in [0.29, 0.717) is 0 Å². The molecular formula is C16H23BrN2. The molecule has 0 aromatic heterocycles. The van der Waals surface area contributed by atoms with E-state index in [1.54, 1.807) is 0 Å². The van der Waals surface area contributed by atoms with Gasteiger partial charge in [0.05, 0.1) is 0 Å². The first-order valence-electron chi connectivity index (χ1n) is 7.57. The lowest BCUT2D eigenvalue weighted by Crippen LogP contribution is -2.31. The molecule has 2 nitrogen and oxygen atoms in total. The lowest BCUT2D eigenvalue weighted by molar-refractivity contribution is 0.376. The smallest absolute Gasteiger partial charge is 0.0410 e. The number of hydrogen-bond acceptors (Lipinski definition) is 2. The lowest BCUT2D eigenvalue weighted by atomic mass is 9.91. The molecule has 0 spiro atoms. The van der Waals surface area contributed by atoms with Gasteiger partial charge in [-0.15, -0.1) is 0 Å². The molecule has 104 valence electrons. The number of hydrogen-bond donors (Lipinski definition) is 1. The first-order chi connectivity index (χ1) is 9.34. The fraction of sp³-hybridized carbons (Fsp3) is 0.625. The second-order valence-electron chi connectivity index (χ2n) is 5.85. The Morgan fingerprint density at radius 3 is 2.79 bits per heavy atom. The molecule has 2 aliphatic heterocycles. The first kappa shape index (κ1) is 13.4. The highest BCUT2D eigenvalue weighted by molar-refractivity contribution is 9.10. The van der Waals surface area contributed by atoms with E-state index in [-0.39, 0.29) is 0 Å². The summed E-state index contributed by atoms with van der Waals surface area (Å²) < 4.78 is 1.29. The Bertz CT molecular complexity index is 421. The molecule has 19 heavy (non-hydrogen) atoms. The summed E-state index contributed by atoms with van der Waals surface area (Å²) in [6.07, 6.45) is 6.59. The number of piperidine rings is 1. The van der Waals surface area contributed by atoms with Crippen LogP contribution in [0.4, 0.5) is 5.69 Å². The van der Waals surface area contributed by atoms with E-state index >= 15 is 0 Å². The molecule has 3 heteroatoms. The van der Waals surface area contributed by atoms with Crippen molar-refractivity contribution in [3.8, 4) is 0 Å². The molecule has 2 saturated heterocycles. The molecule has 2 heterocycles. The Morgan fingerprint density at radius 1 is 1.21 bits per heavy atom. The quantitative estimate of drug-likeness (QED) is 0.914. The second kappa shape index (κ2) is 6.27. The highest BCUT2D eigenvalue weighted by Crippen LogP contribution is 2.33. The molecule has 2 aliphatic rings. The largest absolute Gasteiger partial charge is 0.371 e. The second-order valence-corrected chi connectivity index (χ2v) is 6.70. The minimum atomic E-state index is 0.800. The van der Waals surface area contributed by atoms with Crippen LogP contribution in [0.15, 0.2) is 22.7 Å². The minimum Gasteiger partial charge on any atom is -0.371 e. The van der Waals surface area contributed by atoms with Crippen molar-refractivity contribution in [2.75, 3.05) is 31.1 Å².